The molecule has 1 aliphatic rings. The van der Waals surface area contributed by atoms with E-state index in [-0.39, 0.29) is 37.1 Å². The Labute approximate surface area is 196 Å². The quantitative estimate of drug-likeness (QED) is 0.473. The first-order chi connectivity index (χ1) is 16.3. The fourth-order valence-electron chi connectivity index (χ4n) is 4.24. The molecule has 9 nitrogen and oxygen atoms in total. The number of ether oxygens (including phenoxy) is 1. The molecule has 3 N–H and O–H groups in total. The van der Waals surface area contributed by atoms with Crippen LogP contribution < -0.4 is 10.6 Å². The smallest absolute Gasteiger partial charge is 0.407 e. The van der Waals surface area contributed by atoms with Crippen LogP contribution >= 0.6 is 0 Å². The number of carboxylic acids is 1. The molecular formula is C25H26N4O5. The number of hydrogen-bond donors (Lipinski definition) is 3. The molecule has 0 spiro atoms. The molecule has 1 aromatic heterocycles. The number of carbonyl (C=O) groups excluding carboxylic acids is 2. The third-order valence-corrected chi connectivity index (χ3v) is 5.82. The van der Waals surface area contributed by atoms with Gasteiger partial charge in [-0.3, -0.25) is 9.48 Å². The number of carboxylic acid groups (broad SMARTS) is 1. The standard InChI is InChI=1S/C25H26N4O5/c1-15(11-23(30)26-13-16-12-22(24(31)32)29(2)28-16)27-25(33)34-14-21-19-9-5-3-7-17(19)18-8-4-6-10-20(18)21/h3-10,12,15,21H,11,13-14H2,1-2H3,(H,26,30)(H,27,33)(H,31,32)/t15-/m0/s1. The highest BCUT2D eigenvalue weighted by Gasteiger charge is 2.29. The number of aryl methyl sites for hydroxylation is 1. The van der Waals surface area contributed by atoms with Gasteiger partial charge < -0.3 is 20.5 Å². The maximum absolute atomic E-state index is 12.4. The zero-order valence-corrected chi connectivity index (χ0v) is 18.9. The van der Waals surface area contributed by atoms with Crippen molar-refractivity contribution < 1.29 is 24.2 Å². The van der Waals surface area contributed by atoms with Gasteiger partial charge in [0.15, 0.2) is 0 Å². The molecule has 0 bridgehead atoms. The van der Waals surface area contributed by atoms with Crippen molar-refractivity contribution in [2.24, 2.45) is 7.05 Å². The minimum Gasteiger partial charge on any atom is -0.477 e. The summed E-state index contributed by atoms with van der Waals surface area (Å²) in [5.41, 5.74) is 5.04. The first kappa shape index (κ1) is 23.0. The predicted octanol–water partition coefficient (Wildman–Crippen LogP) is 3.05. The van der Waals surface area contributed by atoms with Gasteiger partial charge >= 0.3 is 12.1 Å². The lowest BCUT2D eigenvalue weighted by Crippen LogP contribution is -2.38. The first-order valence-electron chi connectivity index (χ1n) is 11.0. The molecule has 0 unspecified atom stereocenters. The molecule has 1 aliphatic carbocycles. The summed E-state index contributed by atoms with van der Waals surface area (Å²) < 4.78 is 6.75. The molecule has 9 heteroatoms. The topological polar surface area (TPSA) is 123 Å². The van der Waals surface area contributed by atoms with Crippen LogP contribution in [0.2, 0.25) is 0 Å². The van der Waals surface area contributed by atoms with E-state index in [0.717, 1.165) is 22.3 Å². The number of fused-ring (bicyclic) bond motifs is 3. The molecule has 34 heavy (non-hydrogen) atoms. The minimum atomic E-state index is -1.09. The van der Waals surface area contributed by atoms with Crippen molar-refractivity contribution in [1.29, 1.82) is 0 Å². The van der Waals surface area contributed by atoms with Gasteiger partial charge in [-0.15, -0.1) is 0 Å². The molecule has 0 fully saturated rings. The third kappa shape index (κ3) is 4.93. The number of benzene rings is 2. The van der Waals surface area contributed by atoms with E-state index >= 15 is 0 Å². The lowest BCUT2D eigenvalue weighted by molar-refractivity contribution is -0.121. The molecule has 0 aliphatic heterocycles. The SMILES string of the molecule is C[C@@H](CC(=O)NCc1cc(C(=O)O)n(C)n1)NC(=O)OCC1c2ccccc2-c2ccccc21. The summed E-state index contributed by atoms with van der Waals surface area (Å²) in [5, 5.41) is 18.5. The van der Waals surface area contributed by atoms with Crippen LogP contribution in [0.1, 0.15) is 46.6 Å². The second kappa shape index (κ2) is 9.78. The summed E-state index contributed by atoms with van der Waals surface area (Å²) >= 11 is 0. The van der Waals surface area contributed by atoms with Crippen LogP contribution in [0.3, 0.4) is 0 Å². The predicted molar refractivity (Wildman–Crippen MR) is 124 cm³/mol. The highest BCUT2D eigenvalue weighted by Crippen LogP contribution is 2.44. The Morgan fingerprint density at radius 2 is 1.71 bits per heavy atom. The summed E-state index contributed by atoms with van der Waals surface area (Å²) in [4.78, 5) is 35.7. The lowest BCUT2D eigenvalue weighted by Gasteiger charge is -2.17. The summed E-state index contributed by atoms with van der Waals surface area (Å²) in [5.74, 6) is -1.42. The fraction of sp³-hybridized carbons (Fsp3) is 0.280. The van der Waals surface area contributed by atoms with Crippen LogP contribution in [0.5, 0.6) is 0 Å². The highest BCUT2D eigenvalue weighted by atomic mass is 16.5. The average molecular weight is 463 g/mol. The number of rotatable bonds is 8. The van der Waals surface area contributed by atoms with Crippen molar-refractivity contribution in [3.8, 4) is 11.1 Å². The third-order valence-electron chi connectivity index (χ3n) is 5.82. The van der Waals surface area contributed by atoms with Gasteiger partial charge in [0.2, 0.25) is 5.91 Å². The van der Waals surface area contributed by atoms with E-state index in [1.54, 1.807) is 6.92 Å². The maximum Gasteiger partial charge on any atom is 0.407 e. The summed E-state index contributed by atoms with van der Waals surface area (Å²) in [6.45, 7) is 2.01. The van der Waals surface area contributed by atoms with Gasteiger partial charge in [-0.05, 0) is 35.2 Å². The maximum atomic E-state index is 12.4. The van der Waals surface area contributed by atoms with E-state index in [9.17, 15) is 14.4 Å². The summed E-state index contributed by atoms with van der Waals surface area (Å²) in [6, 6.07) is 17.1. The number of amides is 2. The van der Waals surface area contributed by atoms with Gasteiger partial charge in [-0.1, -0.05) is 48.5 Å². The molecule has 1 heterocycles. The van der Waals surface area contributed by atoms with E-state index in [1.807, 2.05) is 24.3 Å². The minimum absolute atomic E-state index is 0.0363. The zero-order valence-electron chi connectivity index (χ0n) is 18.9. The van der Waals surface area contributed by atoms with Crippen molar-refractivity contribution in [3.63, 3.8) is 0 Å². The number of nitrogens with zero attached hydrogens (tertiary/aromatic N) is 2. The molecule has 1 atom stereocenters. The van der Waals surface area contributed by atoms with Crippen LogP contribution in [0.4, 0.5) is 4.79 Å². The van der Waals surface area contributed by atoms with Crippen molar-refractivity contribution in [2.75, 3.05) is 6.61 Å². The molecule has 4 rings (SSSR count). The number of alkyl carbamates (subject to hydrolysis) is 1. The van der Waals surface area contributed by atoms with Crippen molar-refractivity contribution in [1.82, 2.24) is 20.4 Å². The fourth-order valence-corrected chi connectivity index (χ4v) is 4.24. The summed E-state index contributed by atoms with van der Waals surface area (Å²) in [6.07, 6.45) is -0.541. The second-order valence-corrected chi connectivity index (χ2v) is 8.30. The van der Waals surface area contributed by atoms with Crippen LogP contribution in [-0.4, -0.2) is 45.5 Å². The number of aromatic carboxylic acids is 1. The Balaban J connectivity index is 1.25. The average Bonchev–Trinajstić information content (AvgIpc) is 3.34. The van der Waals surface area contributed by atoms with E-state index in [4.69, 9.17) is 9.84 Å². The number of nitrogens with one attached hydrogen (secondary N) is 2. The van der Waals surface area contributed by atoms with Crippen molar-refractivity contribution >= 4 is 18.0 Å². The molecule has 2 aromatic carbocycles. The molecule has 0 saturated heterocycles. The van der Waals surface area contributed by atoms with Gasteiger partial charge in [-0.2, -0.15) is 5.10 Å². The van der Waals surface area contributed by atoms with Gasteiger partial charge in [0.05, 0.1) is 12.2 Å². The number of aromatic nitrogens is 2. The van der Waals surface area contributed by atoms with E-state index < -0.39 is 18.1 Å². The Morgan fingerprint density at radius 1 is 1.09 bits per heavy atom. The second-order valence-electron chi connectivity index (χ2n) is 8.30. The van der Waals surface area contributed by atoms with Gasteiger partial charge in [0.25, 0.3) is 0 Å². The normalized spacial score (nSPS) is 13.0. The van der Waals surface area contributed by atoms with Crippen LogP contribution in [0.15, 0.2) is 54.6 Å². The summed E-state index contributed by atoms with van der Waals surface area (Å²) in [7, 11) is 1.52. The Hall–Kier alpha value is -4.14. The van der Waals surface area contributed by atoms with Gasteiger partial charge in [0, 0.05) is 25.4 Å². The van der Waals surface area contributed by atoms with Crippen molar-refractivity contribution in [3.05, 3.63) is 77.1 Å². The first-order valence-corrected chi connectivity index (χ1v) is 11.0. The molecule has 0 saturated carbocycles. The van der Waals surface area contributed by atoms with Gasteiger partial charge in [0.1, 0.15) is 12.3 Å². The highest BCUT2D eigenvalue weighted by molar-refractivity contribution is 5.85. The van der Waals surface area contributed by atoms with E-state index in [0.29, 0.717) is 5.69 Å². The monoisotopic (exact) mass is 462 g/mol. The largest absolute Gasteiger partial charge is 0.477 e. The van der Waals surface area contributed by atoms with Crippen LogP contribution in [0.25, 0.3) is 11.1 Å². The Bertz CT molecular complexity index is 1190. The Kier molecular flexibility index (Phi) is 6.62. The molecule has 2 amide bonds. The van der Waals surface area contributed by atoms with E-state index in [1.165, 1.54) is 17.8 Å². The van der Waals surface area contributed by atoms with Gasteiger partial charge in [-0.25, -0.2) is 9.59 Å². The number of carbonyl (C=O) groups is 3. The molecule has 3 aromatic rings. The van der Waals surface area contributed by atoms with Crippen LogP contribution in [0, 0.1) is 0 Å². The Morgan fingerprint density at radius 3 is 2.29 bits per heavy atom. The zero-order chi connectivity index (χ0) is 24.2. The number of hydrogen-bond acceptors (Lipinski definition) is 5. The van der Waals surface area contributed by atoms with Crippen LogP contribution in [-0.2, 0) is 23.1 Å². The lowest BCUT2D eigenvalue weighted by atomic mass is 9.98. The van der Waals surface area contributed by atoms with Crippen molar-refractivity contribution in [2.45, 2.75) is 31.8 Å². The molecule has 176 valence electrons. The molecular weight excluding hydrogens is 436 g/mol. The molecule has 0 radical (unpaired) electrons. The van der Waals surface area contributed by atoms with E-state index in [2.05, 4.69) is 40.0 Å².